The van der Waals surface area contributed by atoms with Gasteiger partial charge in [-0.15, -0.1) is 0 Å². The van der Waals surface area contributed by atoms with Crippen molar-refractivity contribution in [1.29, 1.82) is 0 Å². The highest BCUT2D eigenvalue weighted by Gasteiger charge is 2.19. The quantitative estimate of drug-likeness (QED) is 0.830. The van der Waals surface area contributed by atoms with Crippen LogP contribution in [0.25, 0.3) is 10.8 Å². The molecule has 1 aromatic carbocycles. The molecular formula is C17H21BrN4O2. The topological polar surface area (TPSA) is 76.0 Å². The highest BCUT2D eigenvalue weighted by atomic mass is 79.9. The molecule has 1 saturated heterocycles. The van der Waals surface area contributed by atoms with Gasteiger partial charge in [0.1, 0.15) is 6.54 Å². The number of benzene rings is 1. The number of nitrogens with zero attached hydrogens (tertiary/aromatic N) is 2. The average molecular weight is 393 g/mol. The predicted octanol–water partition coefficient (Wildman–Crippen LogP) is 1.76. The number of carbonyl (C=O) groups is 1. The number of rotatable bonds is 4. The number of amides is 1. The third-order valence-electron chi connectivity index (χ3n) is 4.22. The van der Waals surface area contributed by atoms with E-state index in [2.05, 4.69) is 31.7 Å². The SMILES string of the molecule is CC(C)c1nn(CC(=O)NC2CCNC2)c(=O)c2ccc(Br)cc12. The second-order valence-corrected chi connectivity index (χ2v) is 7.37. The van der Waals surface area contributed by atoms with Crippen molar-refractivity contribution in [3.8, 4) is 0 Å². The van der Waals surface area contributed by atoms with Crippen LogP contribution >= 0.6 is 15.9 Å². The van der Waals surface area contributed by atoms with Crippen LogP contribution in [-0.2, 0) is 11.3 Å². The molecular weight excluding hydrogens is 372 g/mol. The van der Waals surface area contributed by atoms with Crippen LogP contribution in [0.4, 0.5) is 0 Å². The van der Waals surface area contributed by atoms with Gasteiger partial charge in [-0.2, -0.15) is 5.10 Å². The molecule has 0 bridgehead atoms. The largest absolute Gasteiger partial charge is 0.350 e. The molecule has 1 atom stereocenters. The fraction of sp³-hybridized carbons (Fsp3) is 0.471. The van der Waals surface area contributed by atoms with Gasteiger partial charge < -0.3 is 10.6 Å². The monoisotopic (exact) mass is 392 g/mol. The Hall–Kier alpha value is -1.73. The zero-order chi connectivity index (χ0) is 17.3. The molecule has 2 N–H and O–H groups in total. The lowest BCUT2D eigenvalue weighted by Crippen LogP contribution is -2.40. The number of hydrogen-bond acceptors (Lipinski definition) is 4. The van der Waals surface area contributed by atoms with E-state index in [9.17, 15) is 9.59 Å². The van der Waals surface area contributed by atoms with Crippen LogP contribution in [0.15, 0.2) is 27.5 Å². The van der Waals surface area contributed by atoms with E-state index < -0.39 is 0 Å². The highest BCUT2D eigenvalue weighted by Crippen LogP contribution is 2.24. The third-order valence-corrected chi connectivity index (χ3v) is 4.71. The first-order chi connectivity index (χ1) is 11.5. The highest BCUT2D eigenvalue weighted by molar-refractivity contribution is 9.10. The third kappa shape index (κ3) is 3.52. The molecule has 2 heterocycles. The second kappa shape index (κ2) is 7.03. The van der Waals surface area contributed by atoms with E-state index in [-0.39, 0.29) is 30.0 Å². The molecule has 24 heavy (non-hydrogen) atoms. The molecule has 0 spiro atoms. The van der Waals surface area contributed by atoms with E-state index in [1.54, 1.807) is 6.07 Å². The zero-order valence-corrected chi connectivity index (χ0v) is 15.4. The summed E-state index contributed by atoms with van der Waals surface area (Å²) in [5, 5.41) is 12.0. The maximum Gasteiger partial charge on any atom is 0.275 e. The predicted molar refractivity (Wildman–Crippen MR) is 97.2 cm³/mol. The summed E-state index contributed by atoms with van der Waals surface area (Å²) in [6.07, 6.45) is 0.914. The van der Waals surface area contributed by atoms with E-state index in [1.807, 2.05) is 26.0 Å². The van der Waals surface area contributed by atoms with Gasteiger partial charge >= 0.3 is 0 Å². The van der Waals surface area contributed by atoms with Crippen LogP contribution in [0.5, 0.6) is 0 Å². The van der Waals surface area contributed by atoms with Gasteiger partial charge in [-0.1, -0.05) is 29.8 Å². The fourth-order valence-electron chi connectivity index (χ4n) is 3.00. The smallest absolute Gasteiger partial charge is 0.275 e. The summed E-state index contributed by atoms with van der Waals surface area (Å²) < 4.78 is 2.19. The summed E-state index contributed by atoms with van der Waals surface area (Å²) in [5.74, 6) is -0.0276. The van der Waals surface area contributed by atoms with Crippen molar-refractivity contribution in [3.63, 3.8) is 0 Å². The molecule has 1 aromatic heterocycles. The summed E-state index contributed by atoms with van der Waals surface area (Å²) >= 11 is 3.44. The van der Waals surface area contributed by atoms with Gasteiger partial charge in [0.15, 0.2) is 0 Å². The molecule has 1 amide bonds. The normalized spacial score (nSPS) is 17.6. The lowest BCUT2D eigenvalue weighted by molar-refractivity contribution is -0.122. The molecule has 0 radical (unpaired) electrons. The molecule has 1 fully saturated rings. The molecule has 7 heteroatoms. The maximum atomic E-state index is 12.7. The van der Waals surface area contributed by atoms with Crippen molar-refractivity contribution in [3.05, 3.63) is 38.7 Å². The summed E-state index contributed by atoms with van der Waals surface area (Å²) in [7, 11) is 0. The summed E-state index contributed by atoms with van der Waals surface area (Å²) in [5.41, 5.74) is 0.586. The van der Waals surface area contributed by atoms with E-state index in [0.29, 0.717) is 5.39 Å². The van der Waals surface area contributed by atoms with Crippen LogP contribution in [0, 0.1) is 0 Å². The van der Waals surface area contributed by atoms with Gasteiger partial charge in [-0.3, -0.25) is 9.59 Å². The van der Waals surface area contributed by atoms with Crippen LogP contribution in [0.1, 0.15) is 31.9 Å². The van der Waals surface area contributed by atoms with Gasteiger partial charge in [0.2, 0.25) is 5.91 Å². The minimum absolute atomic E-state index is 0.0545. The Morgan fingerprint density at radius 3 is 2.92 bits per heavy atom. The van der Waals surface area contributed by atoms with Crippen LogP contribution in [0.2, 0.25) is 0 Å². The van der Waals surface area contributed by atoms with Gasteiger partial charge in [0, 0.05) is 22.4 Å². The second-order valence-electron chi connectivity index (χ2n) is 6.45. The number of halogens is 1. The molecule has 3 rings (SSSR count). The Labute approximate surface area is 148 Å². The molecule has 0 aliphatic carbocycles. The number of nitrogens with one attached hydrogen (secondary N) is 2. The lowest BCUT2D eigenvalue weighted by Gasteiger charge is -2.15. The zero-order valence-electron chi connectivity index (χ0n) is 13.8. The standard InChI is InChI=1S/C17H21BrN4O2/c1-10(2)16-14-7-11(18)3-4-13(14)17(24)22(21-16)9-15(23)20-12-5-6-19-8-12/h3-4,7,10,12,19H,5-6,8-9H2,1-2H3,(H,20,23). The molecule has 2 aromatic rings. The molecule has 1 aliphatic heterocycles. The van der Waals surface area contributed by atoms with Crippen molar-refractivity contribution in [2.75, 3.05) is 13.1 Å². The number of carbonyl (C=O) groups excluding carboxylic acids is 1. The Balaban J connectivity index is 1.95. The Morgan fingerprint density at radius 2 is 2.25 bits per heavy atom. The summed E-state index contributed by atoms with van der Waals surface area (Å²) in [6.45, 7) is 5.69. The average Bonchev–Trinajstić information content (AvgIpc) is 3.02. The van der Waals surface area contributed by atoms with E-state index in [0.717, 1.165) is 35.1 Å². The Bertz CT molecular complexity index is 825. The van der Waals surface area contributed by atoms with Crippen molar-refractivity contribution in [2.45, 2.75) is 38.8 Å². The molecule has 1 unspecified atom stereocenters. The van der Waals surface area contributed by atoms with Gasteiger partial charge in [-0.05, 0) is 37.1 Å². The van der Waals surface area contributed by atoms with Gasteiger partial charge in [0.25, 0.3) is 5.56 Å². The van der Waals surface area contributed by atoms with Crippen LogP contribution in [-0.4, -0.2) is 34.8 Å². The van der Waals surface area contributed by atoms with Crippen molar-refractivity contribution in [2.24, 2.45) is 0 Å². The van der Waals surface area contributed by atoms with Crippen LogP contribution in [0.3, 0.4) is 0 Å². The number of hydrogen-bond donors (Lipinski definition) is 2. The maximum absolute atomic E-state index is 12.7. The first-order valence-electron chi connectivity index (χ1n) is 8.16. The van der Waals surface area contributed by atoms with Crippen molar-refractivity contribution < 1.29 is 4.79 Å². The van der Waals surface area contributed by atoms with E-state index in [1.165, 1.54) is 4.68 Å². The number of aromatic nitrogens is 2. The summed E-state index contributed by atoms with van der Waals surface area (Å²) in [4.78, 5) is 24.9. The summed E-state index contributed by atoms with van der Waals surface area (Å²) in [6, 6.07) is 5.66. The van der Waals surface area contributed by atoms with Crippen molar-refractivity contribution in [1.82, 2.24) is 20.4 Å². The minimum atomic E-state index is -0.235. The van der Waals surface area contributed by atoms with Crippen LogP contribution < -0.4 is 16.2 Å². The first kappa shape index (κ1) is 17.1. The fourth-order valence-corrected chi connectivity index (χ4v) is 3.37. The van der Waals surface area contributed by atoms with Crippen molar-refractivity contribution >= 4 is 32.6 Å². The molecule has 0 saturated carbocycles. The van der Waals surface area contributed by atoms with E-state index in [4.69, 9.17) is 0 Å². The molecule has 128 valence electrons. The number of fused-ring (bicyclic) bond motifs is 1. The molecule has 6 nitrogen and oxygen atoms in total. The first-order valence-corrected chi connectivity index (χ1v) is 8.95. The molecule has 1 aliphatic rings. The Kier molecular flexibility index (Phi) is 5.01. The van der Waals surface area contributed by atoms with E-state index >= 15 is 0 Å². The van der Waals surface area contributed by atoms with Gasteiger partial charge in [-0.25, -0.2) is 4.68 Å². The van der Waals surface area contributed by atoms with Gasteiger partial charge in [0.05, 0.1) is 11.1 Å². The minimum Gasteiger partial charge on any atom is -0.350 e. The Morgan fingerprint density at radius 1 is 1.46 bits per heavy atom. The lowest BCUT2D eigenvalue weighted by atomic mass is 10.0.